The number of nitrogens with zero attached hydrogens (tertiary/aromatic N) is 4. The van der Waals surface area contributed by atoms with Crippen molar-refractivity contribution in [2.45, 2.75) is 39.3 Å². The minimum absolute atomic E-state index is 0.0354. The molecule has 4 heterocycles. The SMILES string of the molecule is Cc1ccc(CN2C(=O)C3(c4ccccc42)c2c(oc4ccc(Cl)cc4c2=O)C(=O)N3c2nnc(CC(C)C)s2)cc1. The second-order valence-corrected chi connectivity index (χ2v) is 12.6. The van der Waals surface area contributed by atoms with Gasteiger partial charge in [0.05, 0.1) is 23.2 Å². The van der Waals surface area contributed by atoms with Gasteiger partial charge in [0.15, 0.2) is 11.0 Å². The summed E-state index contributed by atoms with van der Waals surface area (Å²) in [6.07, 6.45) is 0.656. The fraction of sp³-hybridized carbons (Fsp3) is 0.219. The van der Waals surface area contributed by atoms with Crippen LogP contribution in [0.25, 0.3) is 11.0 Å². The predicted molar refractivity (Wildman–Crippen MR) is 162 cm³/mol. The van der Waals surface area contributed by atoms with E-state index in [4.69, 9.17) is 16.0 Å². The number of anilines is 2. The highest BCUT2D eigenvalue weighted by Gasteiger charge is 2.66. The van der Waals surface area contributed by atoms with Gasteiger partial charge in [-0.15, -0.1) is 10.2 Å². The number of halogens is 1. The number of hydrogen-bond acceptors (Lipinski definition) is 7. The summed E-state index contributed by atoms with van der Waals surface area (Å²) in [4.78, 5) is 46.6. The number of amides is 2. The van der Waals surface area contributed by atoms with Gasteiger partial charge < -0.3 is 9.32 Å². The van der Waals surface area contributed by atoms with Gasteiger partial charge in [-0.3, -0.25) is 19.3 Å². The van der Waals surface area contributed by atoms with E-state index in [2.05, 4.69) is 24.0 Å². The molecule has 0 bridgehead atoms. The average Bonchev–Trinajstić information content (AvgIpc) is 3.59. The Morgan fingerprint density at radius 2 is 1.76 bits per heavy atom. The van der Waals surface area contributed by atoms with Gasteiger partial charge in [0.2, 0.25) is 10.9 Å². The van der Waals surface area contributed by atoms with Gasteiger partial charge in [-0.05, 0) is 42.7 Å². The van der Waals surface area contributed by atoms with E-state index >= 15 is 0 Å². The molecule has 8 nitrogen and oxygen atoms in total. The minimum Gasteiger partial charge on any atom is -0.450 e. The summed E-state index contributed by atoms with van der Waals surface area (Å²) in [7, 11) is 0. The van der Waals surface area contributed by atoms with Crippen LogP contribution in [0.4, 0.5) is 10.8 Å². The molecule has 0 saturated carbocycles. The van der Waals surface area contributed by atoms with Crippen molar-refractivity contribution in [1.82, 2.24) is 10.2 Å². The monoisotopic (exact) mass is 596 g/mol. The first-order valence-corrected chi connectivity index (χ1v) is 14.8. The molecular formula is C32H25ClN4O4S. The summed E-state index contributed by atoms with van der Waals surface area (Å²) in [5, 5.41) is 10.2. The summed E-state index contributed by atoms with van der Waals surface area (Å²) in [5.41, 5.74) is 0.963. The Morgan fingerprint density at radius 1 is 1.00 bits per heavy atom. The van der Waals surface area contributed by atoms with E-state index in [9.17, 15) is 14.4 Å². The van der Waals surface area contributed by atoms with E-state index < -0.39 is 22.8 Å². The van der Waals surface area contributed by atoms with Crippen LogP contribution in [0.2, 0.25) is 5.02 Å². The van der Waals surface area contributed by atoms with E-state index in [1.54, 1.807) is 29.2 Å². The molecular weight excluding hydrogens is 572 g/mol. The number of benzene rings is 3. The van der Waals surface area contributed by atoms with Crippen LogP contribution >= 0.6 is 22.9 Å². The Balaban J connectivity index is 1.52. The van der Waals surface area contributed by atoms with Crippen molar-refractivity contribution in [2.24, 2.45) is 5.92 Å². The Morgan fingerprint density at radius 3 is 2.52 bits per heavy atom. The highest BCUT2D eigenvalue weighted by molar-refractivity contribution is 7.15. The molecule has 1 spiro atoms. The van der Waals surface area contributed by atoms with Gasteiger partial charge in [0.1, 0.15) is 10.6 Å². The van der Waals surface area contributed by atoms with Crippen LogP contribution in [0.1, 0.15) is 51.7 Å². The van der Waals surface area contributed by atoms with Gasteiger partial charge in [-0.1, -0.05) is 84.8 Å². The summed E-state index contributed by atoms with van der Waals surface area (Å²) in [6, 6.07) is 19.8. The summed E-state index contributed by atoms with van der Waals surface area (Å²) < 4.78 is 6.13. The third-order valence-electron chi connectivity index (χ3n) is 7.78. The Kier molecular flexibility index (Phi) is 6.07. The lowest BCUT2D eigenvalue weighted by molar-refractivity contribution is -0.121. The van der Waals surface area contributed by atoms with Gasteiger partial charge >= 0.3 is 0 Å². The van der Waals surface area contributed by atoms with Crippen molar-refractivity contribution in [3.63, 3.8) is 0 Å². The van der Waals surface area contributed by atoms with Crippen LogP contribution in [-0.2, 0) is 23.3 Å². The lowest BCUT2D eigenvalue weighted by atomic mass is 9.84. The number of rotatable bonds is 5. The first-order chi connectivity index (χ1) is 20.2. The van der Waals surface area contributed by atoms with E-state index in [1.807, 2.05) is 43.3 Å². The van der Waals surface area contributed by atoms with Crippen LogP contribution in [0.15, 0.2) is 75.9 Å². The van der Waals surface area contributed by atoms with Crippen molar-refractivity contribution >= 4 is 56.5 Å². The molecule has 42 heavy (non-hydrogen) atoms. The van der Waals surface area contributed by atoms with Crippen LogP contribution in [0.5, 0.6) is 0 Å². The second kappa shape index (κ2) is 9.61. The molecule has 2 aliphatic heterocycles. The normalized spacial score (nSPS) is 17.6. The van der Waals surface area contributed by atoms with E-state index in [-0.39, 0.29) is 34.0 Å². The maximum Gasteiger partial charge on any atom is 0.297 e. The number of carbonyl (C=O) groups excluding carboxylic acids is 2. The standard InChI is InChI=1S/C32H25ClN4O4S/c1-17(2)14-25-34-35-31(42-25)37-29(39)28-26(27(38)21-15-20(33)12-13-24(21)41-28)32(37)22-6-4-5-7-23(22)36(30(32)40)16-19-10-8-18(3)9-11-19/h4-13,15,17H,14,16H2,1-3H3. The molecule has 0 N–H and O–H groups in total. The molecule has 2 aliphatic rings. The first kappa shape index (κ1) is 26.6. The summed E-state index contributed by atoms with van der Waals surface area (Å²) >= 11 is 7.51. The number of hydrogen-bond donors (Lipinski definition) is 0. The molecule has 10 heteroatoms. The zero-order valence-corrected chi connectivity index (χ0v) is 24.6. The van der Waals surface area contributed by atoms with Crippen molar-refractivity contribution in [3.05, 3.63) is 115 Å². The lowest BCUT2D eigenvalue weighted by Crippen LogP contribution is -2.53. The molecule has 1 atom stereocenters. The van der Waals surface area contributed by atoms with Crippen LogP contribution in [-0.4, -0.2) is 22.0 Å². The number of carbonyl (C=O) groups is 2. The van der Waals surface area contributed by atoms with E-state index in [1.165, 1.54) is 22.3 Å². The zero-order valence-electron chi connectivity index (χ0n) is 23.1. The minimum atomic E-state index is -1.83. The summed E-state index contributed by atoms with van der Waals surface area (Å²) in [5.74, 6) is -0.934. The largest absolute Gasteiger partial charge is 0.450 e. The zero-order chi connectivity index (χ0) is 29.3. The van der Waals surface area contributed by atoms with Gasteiger partial charge in [-0.2, -0.15) is 0 Å². The third kappa shape index (κ3) is 3.77. The van der Waals surface area contributed by atoms with Crippen LogP contribution < -0.4 is 15.2 Å². The van der Waals surface area contributed by atoms with Gasteiger partial charge in [-0.25, -0.2) is 0 Å². The van der Waals surface area contributed by atoms with Crippen LogP contribution in [0, 0.1) is 12.8 Å². The van der Waals surface area contributed by atoms with Gasteiger partial charge in [0.25, 0.3) is 11.8 Å². The van der Waals surface area contributed by atoms with Crippen molar-refractivity contribution in [1.29, 1.82) is 0 Å². The number of aromatic nitrogens is 2. The fourth-order valence-electron chi connectivity index (χ4n) is 5.94. The first-order valence-electron chi connectivity index (χ1n) is 13.6. The molecule has 210 valence electrons. The number of fused-ring (bicyclic) bond motifs is 5. The number of aryl methyl sites for hydroxylation is 1. The maximum atomic E-state index is 15.0. The average molecular weight is 597 g/mol. The molecule has 0 radical (unpaired) electrons. The smallest absolute Gasteiger partial charge is 0.297 e. The van der Waals surface area contributed by atoms with E-state index in [0.717, 1.165) is 16.1 Å². The fourth-order valence-corrected chi connectivity index (χ4v) is 7.21. The van der Waals surface area contributed by atoms with Gasteiger partial charge in [0, 0.05) is 17.0 Å². The highest BCUT2D eigenvalue weighted by Crippen LogP contribution is 2.54. The van der Waals surface area contributed by atoms with Crippen LogP contribution in [0.3, 0.4) is 0 Å². The predicted octanol–water partition coefficient (Wildman–Crippen LogP) is 6.26. The molecule has 0 fully saturated rings. The van der Waals surface area contributed by atoms with Crippen molar-refractivity contribution < 1.29 is 14.0 Å². The topological polar surface area (TPSA) is 96.6 Å². The quantitative estimate of drug-likeness (QED) is 0.238. The highest BCUT2D eigenvalue weighted by atomic mass is 35.5. The Bertz CT molecular complexity index is 1980. The molecule has 0 saturated heterocycles. The maximum absolute atomic E-state index is 15.0. The molecule has 5 aromatic rings. The van der Waals surface area contributed by atoms with Crippen molar-refractivity contribution in [3.8, 4) is 0 Å². The number of para-hydroxylation sites is 1. The molecule has 3 aromatic carbocycles. The molecule has 2 aromatic heterocycles. The molecule has 7 rings (SSSR count). The second-order valence-electron chi connectivity index (χ2n) is 11.1. The van der Waals surface area contributed by atoms with E-state index in [0.29, 0.717) is 28.6 Å². The summed E-state index contributed by atoms with van der Waals surface area (Å²) in [6.45, 7) is 6.38. The lowest BCUT2D eigenvalue weighted by Gasteiger charge is -2.32. The van der Waals surface area contributed by atoms with Crippen molar-refractivity contribution in [2.75, 3.05) is 9.80 Å². The molecule has 0 aliphatic carbocycles. The molecule has 1 unspecified atom stereocenters. The Labute approximate surface area is 250 Å². The third-order valence-corrected chi connectivity index (χ3v) is 8.94. The molecule has 2 amide bonds. The Hall–Kier alpha value is -4.34.